The molecule has 0 radical (unpaired) electrons. The van der Waals surface area contributed by atoms with Crippen molar-refractivity contribution in [3.63, 3.8) is 0 Å². The Morgan fingerprint density at radius 1 is 1.11 bits per heavy atom. The predicted molar refractivity (Wildman–Crippen MR) is 75.4 cm³/mol. The van der Waals surface area contributed by atoms with Crippen molar-refractivity contribution in [2.75, 3.05) is 6.54 Å². The van der Waals surface area contributed by atoms with Gasteiger partial charge in [-0.25, -0.2) is 0 Å². The molecule has 1 rings (SSSR count). The lowest BCUT2D eigenvalue weighted by Gasteiger charge is -2.03. The molecule has 106 valence electrons. The predicted octanol–water partition coefficient (Wildman–Crippen LogP) is 2.42. The Balaban J connectivity index is 0.000000327. The minimum Gasteiger partial charge on any atom is -0.480 e. The number of rotatable bonds is 5. The third kappa shape index (κ3) is 11.6. The number of carbonyl (C=O) groups is 1. The normalized spacial score (nSPS) is 18.8. The molecule has 1 aliphatic rings. The van der Waals surface area contributed by atoms with Gasteiger partial charge < -0.3 is 16.6 Å². The fourth-order valence-corrected chi connectivity index (χ4v) is 1.75. The maximum Gasteiger partial charge on any atom is 0.320 e. The summed E-state index contributed by atoms with van der Waals surface area (Å²) in [4.78, 5) is 10.1. The van der Waals surface area contributed by atoms with Crippen LogP contribution in [0.5, 0.6) is 0 Å². The van der Waals surface area contributed by atoms with E-state index in [2.05, 4.69) is 12.2 Å². The molecule has 18 heavy (non-hydrogen) atoms. The van der Waals surface area contributed by atoms with Crippen LogP contribution in [0.1, 0.15) is 57.8 Å². The number of aliphatic carboxylic acids is 1. The zero-order valence-corrected chi connectivity index (χ0v) is 11.3. The van der Waals surface area contributed by atoms with Crippen LogP contribution >= 0.6 is 0 Å². The summed E-state index contributed by atoms with van der Waals surface area (Å²) in [5.74, 6) is -0.933. The third-order valence-corrected chi connectivity index (χ3v) is 2.94. The molecule has 0 aromatic heterocycles. The molecule has 0 bridgehead atoms. The highest BCUT2D eigenvalue weighted by Gasteiger charge is 2.09. The van der Waals surface area contributed by atoms with Gasteiger partial charge in [0.1, 0.15) is 6.04 Å². The third-order valence-electron chi connectivity index (χ3n) is 2.94. The fraction of sp³-hybridized carbons (Fsp3) is 0.786. The van der Waals surface area contributed by atoms with E-state index in [4.69, 9.17) is 16.6 Å². The summed E-state index contributed by atoms with van der Waals surface area (Å²) in [6.45, 7) is 0.604. The van der Waals surface area contributed by atoms with E-state index in [9.17, 15) is 4.79 Å². The average molecular weight is 256 g/mol. The Hall–Kier alpha value is -0.870. The van der Waals surface area contributed by atoms with Gasteiger partial charge in [0, 0.05) is 0 Å². The van der Waals surface area contributed by atoms with Gasteiger partial charge in [0.05, 0.1) is 0 Å². The van der Waals surface area contributed by atoms with Crippen molar-refractivity contribution in [1.82, 2.24) is 0 Å². The van der Waals surface area contributed by atoms with Crippen LogP contribution in [0.2, 0.25) is 0 Å². The van der Waals surface area contributed by atoms with E-state index < -0.39 is 12.0 Å². The molecule has 4 heteroatoms. The van der Waals surface area contributed by atoms with Gasteiger partial charge in [-0.05, 0) is 45.1 Å². The number of nitrogens with two attached hydrogens (primary N) is 2. The lowest BCUT2D eigenvalue weighted by molar-refractivity contribution is -0.138. The maximum atomic E-state index is 10.1. The molecule has 0 spiro atoms. The summed E-state index contributed by atoms with van der Waals surface area (Å²) >= 11 is 0. The first-order valence-electron chi connectivity index (χ1n) is 7.02. The summed E-state index contributed by atoms with van der Waals surface area (Å²) in [5.41, 5.74) is 10.4. The van der Waals surface area contributed by atoms with Gasteiger partial charge in [-0.1, -0.05) is 31.4 Å². The van der Waals surface area contributed by atoms with Crippen molar-refractivity contribution < 1.29 is 9.90 Å². The van der Waals surface area contributed by atoms with Crippen LogP contribution in [-0.2, 0) is 4.79 Å². The molecule has 5 N–H and O–H groups in total. The molecule has 0 heterocycles. The number of hydrogen-bond acceptors (Lipinski definition) is 3. The van der Waals surface area contributed by atoms with Gasteiger partial charge in [-0.3, -0.25) is 4.79 Å². The minimum atomic E-state index is -0.933. The second kappa shape index (κ2) is 12.6. The van der Waals surface area contributed by atoms with Crippen LogP contribution in [0.25, 0.3) is 0 Å². The quantitative estimate of drug-likeness (QED) is 0.520. The van der Waals surface area contributed by atoms with Crippen molar-refractivity contribution in [1.29, 1.82) is 0 Å². The fourth-order valence-electron chi connectivity index (χ4n) is 1.75. The van der Waals surface area contributed by atoms with Crippen molar-refractivity contribution in [2.24, 2.45) is 11.5 Å². The lowest BCUT2D eigenvalue weighted by Crippen LogP contribution is -2.29. The van der Waals surface area contributed by atoms with Crippen LogP contribution in [-0.4, -0.2) is 23.7 Å². The van der Waals surface area contributed by atoms with Gasteiger partial charge in [0.2, 0.25) is 0 Å². The molecule has 0 fully saturated rings. The van der Waals surface area contributed by atoms with Crippen molar-refractivity contribution in [3.8, 4) is 0 Å². The van der Waals surface area contributed by atoms with E-state index in [0.29, 0.717) is 13.0 Å². The van der Waals surface area contributed by atoms with Crippen LogP contribution in [0.15, 0.2) is 12.2 Å². The highest BCUT2D eigenvalue weighted by atomic mass is 16.4. The van der Waals surface area contributed by atoms with E-state index in [0.717, 1.165) is 12.8 Å². The summed E-state index contributed by atoms with van der Waals surface area (Å²) in [6.07, 6.45) is 15.2. The Bertz CT molecular complexity index is 220. The van der Waals surface area contributed by atoms with Crippen molar-refractivity contribution in [3.05, 3.63) is 12.2 Å². The molecule has 0 saturated carbocycles. The topological polar surface area (TPSA) is 89.3 Å². The van der Waals surface area contributed by atoms with E-state index in [-0.39, 0.29) is 0 Å². The van der Waals surface area contributed by atoms with E-state index in [1.54, 1.807) is 0 Å². The van der Waals surface area contributed by atoms with E-state index in [1.807, 2.05) is 0 Å². The van der Waals surface area contributed by atoms with Gasteiger partial charge in [0.15, 0.2) is 0 Å². The van der Waals surface area contributed by atoms with Gasteiger partial charge in [-0.15, -0.1) is 0 Å². The first kappa shape index (κ1) is 17.1. The largest absolute Gasteiger partial charge is 0.480 e. The van der Waals surface area contributed by atoms with Gasteiger partial charge >= 0.3 is 5.97 Å². The number of carboxylic acid groups (broad SMARTS) is 1. The molecule has 0 aromatic rings. The molecule has 1 atom stereocenters. The molecular weight excluding hydrogens is 228 g/mol. The monoisotopic (exact) mass is 256 g/mol. The molecule has 0 aliphatic heterocycles. The molecule has 1 aliphatic carbocycles. The number of allylic oxidation sites excluding steroid dienone is 2. The van der Waals surface area contributed by atoms with Crippen LogP contribution < -0.4 is 11.5 Å². The Morgan fingerprint density at radius 2 is 1.67 bits per heavy atom. The van der Waals surface area contributed by atoms with Gasteiger partial charge in [-0.2, -0.15) is 0 Å². The lowest BCUT2D eigenvalue weighted by atomic mass is 10.1. The van der Waals surface area contributed by atoms with Crippen LogP contribution in [0.4, 0.5) is 0 Å². The number of hydrogen-bond donors (Lipinski definition) is 3. The average Bonchev–Trinajstić information content (AvgIpc) is 2.29. The zero-order valence-electron chi connectivity index (χ0n) is 11.3. The van der Waals surface area contributed by atoms with E-state index >= 15 is 0 Å². The zero-order chi connectivity index (χ0) is 13.6. The minimum absolute atomic E-state index is 0.520. The standard InChI is InChI=1S/C8H14.C6H14N2O2/c1-2-4-6-8-7-5-3-1;7-4-2-1-3-5(8)6(9)10/h1-2H,3-8H2;5H,1-4,7-8H2,(H,9,10)/b2-1-;. The molecule has 0 saturated heterocycles. The summed E-state index contributed by atoms with van der Waals surface area (Å²) < 4.78 is 0. The van der Waals surface area contributed by atoms with E-state index in [1.165, 1.54) is 38.5 Å². The highest BCUT2D eigenvalue weighted by Crippen LogP contribution is 2.09. The first-order chi connectivity index (χ1) is 8.68. The Morgan fingerprint density at radius 3 is 2.11 bits per heavy atom. The molecular formula is C14H28N2O2. The molecule has 1 unspecified atom stereocenters. The second-order valence-corrected chi connectivity index (χ2v) is 4.69. The SMILES string of the molecule is C1=C\CCCCCC/1.NCCCCC(N)C(=O)O. The van der Waals surface area contributed by atoms with Gasteiger partial charge in [0.25, 0.3) is 0 Å². The summed E-state index contributed by atoms with van der Waals surface area (Å²) in [6, 6.07) is -0.716. The maximum absolute atomic E-state index is 10.1. The first-order valence-corrected chi connectivity index (χ1v) is 7.02. The molecule has 4 nitrogen and oxygen atoms in total. The molecule has 0 aromatic carbocycles. The van der Waals surface area contributed by atoms with Crippen molar-refractivity contribution >= 4 is 5.97 Å². The number of carboxylic acids is 1. The van der Waals surface area contributed by atoms with Crippen molar-refractivity contribution in [2.45, 2.75) is 63.8 Å². The van der Waals surface area contributed by atoms with Crippen LogP contribution in [0, 0.1) is 0 Å². The summed E-state index contributed by atoms with van der Waals surface area (Å²) in [5, 5.41) is 8.33. The Kier molecular flexibility index (Phi) is 12.0. The second-order valence-electron chi connectivity index (χ2n) is 4.69. The van der Waals surface area contributed by atoms with Crippen LogP contribution in [0.3, 0.4) is 0 Å². The smallest absolute Gasteiger partial charge is 0.320 e. The molecule has 0 amide bonds. The Labute approximate surface area is 110 Å². The number of unbranched alkanes of at least 4 members (excludes halogenated alkanes) is 1. The highest BCUT2D eigenvalue weighted by molar-refractivity contribution is 5.72. The summed E-state index contributed by atoms with van der Waals surface area (Å²) in [7, 11) is 0.